The third kappa shape index (κ3) is 2.11. The summed E-state index contributed by atoms with van der Waals surface area (Å²) in [5.74, 6) is 0. The standard InChI is InChI=1S/C10H9N5/c11-4-8-1-2-13-10(3-8)7-15-6-9(12)5-14-15/h1-3,5-6H,7,12H2. The van der Waals surface area contributed by atoms with Crippen molar-refractivity contribution in [3.8, 4) is 6.07 Å². The van der Waals surface area contributed by atoms with Crippen LogP contribution in [0.2, 0.25) is 0 Å². The molecule has 0 saturated heterocycles. The van der Waals surface area contributed by atoms with Crippen LogP contribution < -0.4 is 5.73 Å². The van der Waals surface area contributed by atoms with Crippen molar-refractivity contribution in [2.75, 3.05) is 5.73 Å². The van der Waals surface area contributed by atoms with Crippen LogP contribution in [0, 0.1) is 11.3 Å². The Morgan fingerprint density at radius 2 is 2.40 bits per heavy atom. The molecule has 0 fully saturated rings. The Kier molecular flexibility index (Phi) is 2.33. The maximum Gasteiger partial charge on any atom is 0.0992 e. The molecule has 0 aromatic carbocycles. The van der Waals surface area contributed by atoms with Crippen LogP contribution in [0.4, 0.5) is 5.69 Å². The SMILES string of the molecule is N#Cc1ccnc(Cn2cc(N)cn2)c1. The molecule has 74 valence electrons. The fourth-order valence-corrected chi connectivity index (χ4v) is 1.27. The predicted molar refractivity (Wildman–Crippen MR) is 54.7 cm³/mol. The van der Waals surface area contributed by atoms with Crippen molar-refractivity contribution in [2.24, 2.45) is 0 Å². The molecular formula is C10H9N5. The number of nitrogens with two attached hydrogens (primary N) is 1. The van der Waals surface area contributed by atoms with E-state index in [4.69, 9.17) is 11.0 Å². The first-order chi connectivity index (χ1) is 7.28. The lowest BCUT2D eigenvalue weighted by atomic mass is 10.2. The van der Waals surface area contributed by atoms with Gasteiger partial charge in [0.2, 0.25) is 0 Å². The molecule has 0 spiro atoms. The summed E-state index contributed by atoms with van der Waals surface area (Å²) in [5.41, 5.74) is 7.54. The molecule has 2 N–H and O–H groups in total. The van der Waals surface area contributed by atoms with Gasteiger partial charge < -0.3 is 5.73 Å². The van der Waals surface area contributed by atoms with Gasteiger partial charge in [-0.15, -0.1) is 0 Å². The van der Waals surface area contributed by atoms with E-state index in [0.717, 1.165) is 5.69 Å². The first-order valence-corrected chi connectivity index (χ1v) is 4.41. The van der Waals surface area contributed by atoms with Gasteiger partial charge in [-0.05, 0) is 12.1 Å². The van der Waals surface area contributed by atoms with E-state index in [-0.39, 0.29) is 0 Å². The summed E-state index contributed by atoms with van der Waals surface area (Å²) >= 11 is 0. The van der Waals surface area contributed by atoms with Gasteiger partial charge in [-0.2, -0.15) is 10.4 Å². The Labute approximate surface area is 86.8 Å². The maximum atomic E-state index is 8.71. The van der Waals surface area contributed by atoms with E-state index >= 15 is 0 Å². The molecule has 0 bridgehead atoms. The molecule has 2 rings (SSSR count). The zero-order chi connectivity index (χ0) is 10.7. The van der Waals surface area contributed by atoms with Gasteiger partial charge in [-0.1, -0.05) is 0 Å². The average Bonchev–Trinajstić information content (AvgIpc) is 2.64. The van der Waals surface area contributed by atoms with Crippen LogP contribution >= 0.6 is 0 Å². The summed E-state index contributed by atoms with van der Waals surface area (Å²) < 4.78 is 1.68. The molecule has 0 atom stereocenters. The largest absolute Gasteiger partial charge is 0.396 e. The number of rotatable bonds is 2. The lowest BCUT2D eigenvalue weighted by Crippen LogP contribution is -2.02. The maximum absolute atomic E-state index is 8.71. The van der Waals surface area contributed by atoms with E-state index in [1.807, 2.05) is 0 Å². The number of hydrogen-bond acceptors (Lipinski definition) is 4. The third-order valence-electron chi connectivity index (χ3n) is 1.92. The highest BCUT2D eigenvalue weighted by molar-refractivity contribution is 5.31. The van der Waals surface area contributed by atoms with Crippen molar-refractivity contribution in [3.05, 3.63) is 42.0 Å². The van der Waals surface area contributed by atoms with Crippen molar-refractivity contribution in [3.63, 3.8) is 0 Å². The predicted octanol–water partition coefficient (Wildman–Crippen LogP) is 0.780. The Morgan fingerprint density at radius 1 is 1.53 bits per heavy atom. The summed E-state index contributed by atoms with van der Waals surface area (Å²) in [5, 5.41) is 12.7. The summed E-state index contributed by atoms with van der Waals surface area (Å²) in [4.78, 5) is 4.14. The molecule has 0 aliphatic carbocycles. The van der Waals surface area contributed by atoms with Crippen LogP contribution in [0.3, 0.4) is 0 Å². The molecular weight excluding hydrogens is 190 g/mol. The molecule has 15 heavy (non-hydrogen) atoms. The molecule has 0 aliphatic heterocycles. The smallest absolute Gasteiger partial charge is 0.0992 e. The van der Waals surface area contributed by atoms with Crippen LogP contribution in [0.25, 0.3) is 0 Å². The van der Waals surface area contributed by atoms with Gasteiger partial charge in [-0.25, -0.2) is 0 Å². The number of nitrogen functional groups attached to an aromatic ring is 1. The molecule has 2 aromatic rings. The van der Waals surface area contributed by atoms with E-state index in [9.17, 15) is 0 Å². The molecule has 5 heteroatoms. The highest BCUT2D eigenvalue weighted by Crippen LogP contribution is 2.04. The highest BCUT2D eigenvalue weighted by Gasteiger charge is 1.99. The molecule has 5 nitrogen and oxygen atoms in total. The molecule has 0 aliphatic rings. The van der Waals surface area contributed by atoms with Gasteiger partial charge in [0, 0.05) is 12.4 Å². The topological polar surface area (TPSA) is 80.5 Å². The second-order valence-electron chi connectivity index (χ2n) is 3.12. The van der Waals surface area contributed by atoms with Gasteiger partial charge in [0.05, 0.1) is 35.8 Å². The van der Waals surface area contributed by atoms with Crippen molar-refractivity contribution in [2.45, 2.75) is 6.54 Å². The molecule has 0 amide bonds. The first kappa shape index (κ1) is 9.21. The fraction of sp³-hybridized carbons (Fsp3) is 0.100. The summed E-state index contributed by atoms with van der Waals surface area (Å²) in [6, 6.07) is 5.47. The number of aromatic nitrogens is 3. The number of pyridine rings is 1. The van der Waals surface area contributed by atoms with Crippen LogP contribution in [-0.4, -0.2) is 14.8 Å². The first-order valence-electron chi connectivity index (χ1n) is 4.41. The lowest BCUT2D eigenvalue weighted by molar-refractivity contribution is 0.673. The van der Waals surface area contributed by atoms with E-state index < -0.39 is 0 Å². The minimum atomic E-state index is 0.521. The van der Waals surface area contributed by atoms with Gasteiger partial charge in [0.15, 0.2) is 0 Å². The van der Waals surface area contributed by atoms with Gasteiger partial charge in [0.25, 0.3) is 0 Å². The van der Waals surface area contributed by atoms with Crippen LogP contribution in [0.1, 0.15) is 11.3 Å². The zero-order valence-corrected chi connectivity index (χ0v) is 7.96. The van der Waals surface area contributed by atoms with Crippen molar-refractivity contribution in [1.29, 1.82) is 5.26 Å². The molecule has 0 unspecified atom stereocenters. The quantitative estimate of drug-likeness (QED) is 0.775. The molecule has 0 radical (unpaired) electrons. The Hall–Kier alpha value is -2.35. The van der Waals surface area contributed by atoms with Crippen LogP contribution in [-0.2, 0) is 6.54 Å². The summed E-state index contributed by atoms with van der Waals surface area (Å²) in [7, 11) is 0. The minimum absolute atomic E-state index is 0.521. The third-order valence-corrected chi connectivity index (χ3v) is 1.92. The van der Waals surface area contributed by atoms with Crippen molar-refractivity contribution < 1.29 is 0 Å². The number of hydrogen-bond donors (Lipinski definition) is 1. The number of nitriles is 1. The van der Waals surface area contributed by atoms with Crippen molar-refractivity contribution >= 4 is 5.69 Å². The second-order valence-corrected chi connectivity index (χ2v) is 3.12. The van der Waals surface area contributed by atoms with Gasteiger partial charge >= 0.3 is 0 Å². The summed E-state index contributed by atoms with van der Waals surface area (Å²) in [6.45, 7) is 0.521. The van der Waals surface area contributed by atoms with Crippen LogP contribution in [0.5, 0.6) is 0 Å². The van der Waals surface area contributed by atoms with Gasteiger partial charge in [0.1, 0.15) is 0 Å². The Balaban J connectivity index is 2.21. The van der Waals surface area contributed by atoms with E-state index in [1.165, 1.54) is 0 Å². The molecule has 2 aromatic heterocycles. The van der Waals surface area contributed by atoms with E-state index in [0.29, 0.717) is 17.8 Å². The number of nitrogens with zero attached hydrogens (tertiary/aromatic N) is 4. The van der Waals surface area contributed by atoms with E-state index in [2.05, 4.69) is 16.2 Å². The average molecular weight is 199 g/mol. The zero-order valence-electron chi connectivity index (χ0n) is 7.96. The Morgan fingerprint density at radius 3 is 3.07 bits per heavy atom. The summed E-state index contributed by atoms with van der Waals surface area (Å²) in [6.07, 6.45) is 4.91. The van der Waals surface area contributed by atoms with E-state index in [1.54, 1.807) is 35.4 Å². The van der Waals surface area contributed by atoms with Gasteiger partial charge in [-0.3, -0.25) is 9.67 Å². The van der Waals surface area contributed by atoms with Crippen LogP contribution in [0.15, 0.2) is 30.7 Å². The monoisotopic (exact) mass is 199 g/mol. The highest BCUT2D eigenvalue weighted by atomic mass is 15.3. The fourth-order valence-electron chi connectivity index (χ4n) is 1.27. The van der Waals surface area contributed by atoms with Crippen molar-refractivity contribution in [1.82, 2.24) is 14.8 Å². The normalized spacial score (nSPS) is 9.80. The Bertz CT molecular complexity index is 509. The molecule has 0 saturated carbocycles. The second kappa shape index (κ2) is 3.80. The number of anilines is 1. The minimum Gasteiger partial charge on any atom is -0.396 e. The molecule has 2 heterocycles. The lowest BCUT2D eigenvalue weighted by Gasteiger charge is -2.00.